The highest BCUT2D eigenvalue weighted by Gasteiger charge is 2.17. The maximum Gasteiger partial charge on any atom is 0.341 e. The fraction of sp³-hybridized carbons (Fsp3) is 0.200. The molecule has 0 aliphatic heterocycles. The van der Waals surface area contributed by atoms with Gasteiger partial charge in [-0.25, -0.2) is 14.3 Å². The minimum Gasteiger partial charge on any atom is -0.497 e. The summed E-state index contributed by atoms with van der Waals surface area (Å²) in [5.41, 5.74) is 3.41. The van der Waals surface area contributed by atoms with Crippen molar-refractivity contribution < 1.29 is 14.3 Å². The lowest BCUT2D eigenvalue weighted by molar-refractivity contribution is 0.0527. The van der Waals surface area contributed by atoms with Crippen molar-refractivity contribution in [3.8, 4) is 5.75 Å². The van der Waals surface area contributed by atoms with E-state index in [1.165, 1.54) is 6.20 Å². The first-order chi connectivity index (χ1) is 13.7. The molecule has 28 heavy (non-hydrogen) atoms. The maximum absolute atomic E-state index is 12.5. The molecule has 8 nitrogen and oxygen atoms in total. The van der Waals surface area contributed by atoms with Crippen molar-refractivity contribution in [2.75, 3.05) is 19.0 Å². The van der Waals surface area contributed by atoms with Crippen LogP contribution in [0.3, 0.4) is 0 Å². The molecule has 142 valence electrons. The highest BCUT2D eigenvalue weighted by molar-refractivity contribution is 6.05. The second kappa shape index (κ2) is 7.51. The van der Waals surface area contributed by atoms with Crippen LogP contribution in [0.4, 0.5) is 5.69 Å². The Bertz CT molecular complexity index is 1160. The Balaban J connectivity index is 1.79. The van der Waals surface area contributed by atoms with E-state index in [9.17, 15) is 4.79 Å². The van der Waals surface area contributed by atoms with Gasteiger partial charge in [0.25, 0.3) is 0 Å². The summed E-state index contributed by atoms with van der Waals surface area (Å²) in [5.74, 6) is 0.248. The standard InChI is InChI=1S/C20H19N5O3/c1-3-28-20(26)16-12-22-17-5-4-14(27-2)10-15(17)19(16)23-11-13-6-8-21-18-7-9-24-25(13)18/h4-10,12H,3,11H2,1-2H3,(H,22,23). The predicted molar refractivity (Wildman–Crippen MR) is 105 cm³/mol. The van der Waals surface area contributed by atoms with Crippen molar-refractivity contribution in [2.45, 2.75) is 13.5 Å². The van der Waals surface area contributed by atoms with E-state index in [1.807, 2.05) is 30.3 Å². The number of benzene rings is 1. The number of anilines is 1. The first kappa shape index (κ1) is 17.7. The summed E-state index contributed by atoms with van der Waals surface area (Å²) in [6.45, 7) is 2.49. The molecule has 0 bridgehead atoms. The number of pyridine rings is 1. The largest absolute Gasteiger partial charge is 0.497 e. The van der Waals surface area contributed by atoms with Gasteiger partial charge in [-0.05, 0) is 31.2 Å². The molecule has 0 atom stereocenters. The van der Waals surface area contributed by atoms with Crippen LogP contribution < -0.4 is 10.1 Å². The number of carbonyl (C=O) groups excluding carboxylic acids is 1. The van der Waals surface area contributed by atoms with Crippen molar-refractivity contribution in [1.82, 2.24) is 19.6 Å². The van der Waals surface area contributed by atoms with E-state index in [1.54, 1.807) is 30.9 Å². The summed E-state index contributed by atoms with van der Waals surface area (Å²) in [4.78, 5) is 21.1. The summed E-state index contributed by atoms with van der Waals surface area (Å²) in [6, 6.07) is 9.25. The molecule has 3 aromatic heterocycles. The summed E-state index contributed by atoms with van der Waals surface area (Å²) in [6.07, 6.45) is 4.96. The molecule has 0 unspecified atom stereocenters. The van der Waals surface area contributed by atoms with Crippen LogP contribution >= 0.6 is 0 Å². The van der Waals surface area contributed by atoms with Crippen molar-refractivity contribution >= 4 is 28.2 Å². The van der Waals surface area contributed by atoms with Crippen LogP contribution in [-0.4, -0.2) is 39.3 Å². The minimum atomic E-state index is -0.429. The van der Waals surface area contributed by atoms with Gasteiger partial charge in [0.15, 0.2) is 5.65 Å². The number of hydrogen-bond acceptors (Lipinski definition) is 7. The zero-order valence-electron chi connectivity index (χ0n) is 15.5. The molecule has 0 spiro atoms. The van der Waals surface area contributed by atoms with Gasteiger partial charge < -0.3 is 14.8 Å². The first-order valence-corrected chi connectivity index (χ1v) is 8.86. The third-order valence-electron chi connectivity index (χ3n) is 4.39. The van der Waals surface area contributed by atoms with Gasteiger partial charge in [0.1, 0.15) is 11.3 Å². The number of hydrogen-bond donors (Lipinski definition) is 1. The predicted octanol–water partition coefficient (Wildman–Crippen LogP) is 3.07. The molecule has 1 N–H and O–H groups in total. The SMILES string of the molecule is CCOC(=O)c1cnc2ccc(OC)cc2c1NCc1ccnc2ccnn12. The Morgan fingerprint density at radius 2 is 2.07 bits per heavy atom. The Morgan fingerprint density at radius 1 is 1.18 bits per heavy atom. The van der Waals surface area contributed by atoms with Gasteiger partial charge in [0.05, 0.1) is 43.4 Å². The molecular weight excluding hydrogens is 358 g/mol. The first-order valence-electron chi connectivity index (χ1n) is 8.86. The van der Waals surface area contributed by atoms with Crippen molar-refractivity contribution in [1.29, 1.82) is 0 Å². The van der Waals surface area contributed by atoms with Crippen LogP contribution in [0.1, 0.15) is 23.0 Å². The third kappa shape index (κ3) is 3.20. The molecule has 3 heterocycles. The summed E-state index contributed by atoms with van der Waals surface area (Å²) in [7, 11) is 1.60. The van der Waals surface area contributed by atoms with Gasteiger partial charge >= 0.3 is 5.97 Å². The number of ether oxygens (including phenoxy) is 2. The third-order valence-corrected chi connectivity index (χ3v) is 4.39. The number of esters is 1. The Morgan fingerprint density at radius 3 is 2.89 bits per heavy atom. The molecular formula is C20H19N5O3. The average Bonchev–Trinajstić information content (AvgIpc) is 3.21. The normalized spacial score (nSPS) is 10.9. The molecule has 0 aliphatic carbocycles. The highest BCUT2D eigenvalue weighted by Crippen LogP contribution is 2.30. The molecule has 4 rings (SSSR count). The van der Waals surface area contributed by atoms with Crippen LogP contribution in [0.25, 0.3) is 16.6 Å². The van der Waals surface area contributed by atoms with Crippen molar-refractivity contribution in [3.63, 3.8) is 0 Å². The number of fused-ring (bicyclic) bond motifs is 2. The molecule has 0 amide bonds. The second-order valence-corrected chi connectivity index (χ2v) is 6.04. The Labute approximate surface area is 161 Å². The molecule has 8 heteroatoms. The lowest BCUT2D eigenvalue weighted by atomic mass is 10.1. The summed E-state index contributed by atoms with van der Waals surface area (Å²) in [5, 5.41) is 8.43. The fourth-order valence-electron chi connectivity index (χ4n) is 3.05. The van der Waals surface area contributed by atoms with Gasteiger partial charge in [-0.2, -0.15) is 5.10 Å². The van der Waals surface area contributed by atoms with Crippen molar-refractivity contribution in [2.24, 2.45) is 0 Å². The van der Waals surface area contributed by atoms with Crippen LogP contribution in [0.5, 0.6) is 5.75 Å². The number of rotatable bonds is 6. The van der Waals surface area contributed by atoms with E-state index in [4.69, 9.17) is 9.47 Å². The molecule has 1 aromatic carbocycles. The van der Waals surface area contributed by atoms with Gasteiger partial charge in [-0.1, -0.05) is 0 Å². The Kier molecular flexibility index (Phi) is 4.76. The van der Waals surface area contributed by atoms with Gasteiger partial charge in [-0.3, -0.25) is 4.98 Å². The minimum absolute atomic E-state index is 0.284. The molecule has 0 saturated carbocycles. The fourth-order valence-corrected chi connectivity index (χ4v) is 3.05. The lowest BCUT2D eigenvalue weighted by Gasteiger charge is -2.15. The summed E-state index contributed by atoms with van der Waals surface area (Å²) < 4.78 is 12.3. The van der Waals surface area contributed by atoms with Crippen LogP contribution in [-0.2, 0) is 11.3 Å². The molecule has 0 saturated heterocycles. The Hall–Kier alpha value is -3.68. The monoisotopic (exact) mass is 377 g/mol. The number of carbonyl (C=O) groups is 1. The maximum atomic E-state index is 12.5. The van der Waals surface area contributed by atoms with E-state index in [2.05, 4.69) is 20.4 Å². The van der Waals surface area contributed by atoms with Gasteiger partial charge in [0.2, 0.25) is 0 Å². The van der Waals surface area contributed by atoms with Crippen LogP contribution in [0.2, 0.25) is 0 Å². The van der Waals surface area contributed by atoms with Crippen LogP contribution in [0.15, 0.2) is 48.9 Å². The van der Waals surface area contributed by atoms with Crippen molar-refractivity contribution in [3.05, 3.63) is 60.2 Å². The quantitative estimate of drug-likeness (QED) is 0.516. The van der Waals surface area contributed by atoms with E-state index in [0.29, 0.717) is 23.5 Å². The molecule has 0 aliphatic rings. The topological polar surface area (TPSA) is 90.6 Å². The molecule has 0 fully saturated rings. The molecule has 0 radical (unpaired) electrons. The zero-order chi connectivity index (χ0) is 19.5. The molecule has 4 aromatic rings. The number of nitrogens with zero attached hydrogens (tertiary/aromatic N) is 4. The van der Waals surface area contributed by atoms with Crippen LogP contribution in [0, 0.1) is 0 Å². The zero-order valence-corrected chi connectivity index (χ0v) is 15.5. The van der Waals surface area contributed by atoms with E-state index < -0.39 is 5.97 Å². The number of aromatic nitrogens is 4. The highest BCUT2D eigenvalue weighted by atomic mass is 16.5. The summed E-state index contributed by atoms with van der Waals surface area (Å²) >= 11 is 0. The smallest absolute Gasteiger partial charge is 0.341 e. The van der Waals surface area contributed by atoms with Gasteiger partial charge in [0, 0.05) is 23.8 Å². The number of methoxy groups -OCH3 is 1. The van der Waals surface area contributed by atoms with Gasteiger partial charge in [-0.15, -0.1) is 0 Å². The van der Waals surface area contributed by atoms with E-state index in [-0.39, 0.29) is 6.61 Å². The van der Waals surface area contributed by atoms with E-state index >= 15 is 0 Å². The second-order valence-electron chi connectivity index (χ2n) is 6.04. The van der Waals surface area contributed by atoms with E-state index in [0.717, 1.165) is 22.2 Å². The average molecular weight is 377 g/mol. The number of nitrogens with one attached hydrogen (secondary N) is 1. The lowest BCUT2D eigenvalue weighted by Crippen LogP contribution is -2.13.